The Kier molecular flexibility index (Phi) is 0.960. The first kappa shape index (κ1) is 4.88. The molecule has 1 saturated heterocycles. The summed E-state index contributed by atoms with van der Waals surface area (Å²) in [5, 5.41) is 0. The van der Waals surface area contributed by atoms with E-state index in [2.05, 4.69) is 9.97 Å². The summed E-state index contributed by atoms with van der Waals surface area (Å²) in [5.41, 5.74) is 0.942. The molecule has 1 aliphatic rings. The Labute approximate surface area is 52.7 Å². The van der Waals surface area contributed by atoms with Crippen LogP contribution in [-0.2, 0) is 4.74 Å². The van der Waals surface area contributed by atoms with Crippen molar-refractivity contribution in [2.45, 2.75) is 6.10 Å². The third-order valence-electron chi connectivity index (χ3n) is 1.25. The molecule has 0 aliphatic carbocycles. The van der Waals surface area contributed by atoms with Crippen LogP contribution in [0.1, 0.15) is 11.8 Å². The highest BCUT2D eigenvalue weighted by molar-refractivity contribution is 5.03. The number of epoxide rings is 1. The van der Waals surface area contributed by atoms with Gasteiger partial charge in [0, 0.05) is 12.4 Å². The molecule has 0 bridgehead atoms. The van der Waals surface area contributed by atoms with E-state index < -0.39 is 0 Å². The molecule has 0 radical (unpaired) electrons. The lowest BCUT2D eigenvalue weighted by molar-refractivity contribution is 0.411. The smallest absolute Gasteiger partial charge is 0.124 e. The van der Waals surface area contributed by atoms with Crippen LogP contribution in [-0.4, -0.2) is 16.6 Å². The zero-order chi connectivity index (χ0) is 6.10. The minimum absolute atomic E-state index is 0.235. The molecular formula is C6H6N2O. The van der Waals surface area contributed by atoms with Gasteiger partial charge in [-0.3, -0.25) is 9.97 Å². The van der Waals surface area contributed by atoms with Crippen molar-refractivity contribution in [2.24, 2.45) is 0 Å². The molecule has 0 N–H and O–H groups in total. The molecule has 2 rings (SSSR count). The van der Waals surface area contributed by atoms with E-state index in [0.29, 0.717) is 0 Å². The third-order valence-corrected chi connectivity index (χ3v) is 1.25. The molecule has 0 spiro atoms. The summed E-state index contributed by atoms with van der Waals surface area (Å²) in [4.78, 5) is 7.96. The van der Waals surface area contributed by atoms with Gasteiger partial charge in [0.2, 0.25) is 0 Å². The molecule has 0 saturated carbocycles. The first-order chi connectivity index (χ1) is 4.47. The summed E-state index contributed by atoms with van der Waals surface area (Å²) in [7, 11) is 0. The maximum Gasteiger partial charge on any atom is 0.124 e. The molecule has 3 heteroatoms. The number of rotatable bonds is 1. The Morgan fingerprint density at radius 2 is 2.44 bits per heavy atom. The van der Waals surface area contributed by atoms with Crippen LogP contribution in [0.4, 0.5) is 0 Å². The van der Waals surface area contributed by atoms with Gasteiger partial charge in [0.1, 0.15) is 6.10 Å². The zero-order valence-corrected chi connectivity index (χ0v) is 4.82. The largest absolute Gasteiger partial charge is 0.366 e. The molecule has 0 aromatic carbocycles. The van der Waals surface area contributed by atoms with E-state index in [4.69, 9.17) is 4.74 Å². The summed E-state index contributed by atoms with van der Waals surface area (Å²) in [6.07, 6.45) is 5.30. The number of nitrogens with zero attached hydrogens (tertiary/aromatic N) is 2. The van der Waals surface area contributed by atoms with Gasteiger partial charge in [-0.15, -0.1) is 0 Å². The average Bonchev–Trinajstić information content (AvgIpc) is 2.71. The van der Waals surface area contributed by atoms with Crippen LogP contribution < -0.4 is 0 Å². The quantitative estimate of drug-likeness (QED) is 0.510. The van der Waals surface area contributed by atoms with Crippen molar-refractivity contribution >= 4 is 0 Å². The van der Waals surface area contributed by atoms with E-state index in [9.17, 15) is 0 Å². The van der Waals surface area contributed by atoms with Gasteiger partial charge in [-0.1, -0.05) is 0 Å². The fraction of sp³-hybridized carbons (Fsp3) is 0.333. The highest BCUT2D eigenvalue weighted by Crippen LogP contribution is 2.26. The minimum atomic E-state index is 0.235. The first-order valence-electron chi connectivity index (χ1n) is 2.84. The Balaban J connectivity index is 2.29. The molecule has 46 valence electrons. The van der Waals surface area contributed by atoms with Crippen LogP contribution in [0.2, 0.25) is 0 Å². The van der Waals surface area contributed by atoms with Crippen LogP contribution in [0.5, 0.6) is 0 Å². The lowest BCUT2D eigenvalue weighted by Gasteiger charge is -1.88. The number of hydrogen-bond donors (Lipinski definition) is 0. The Morgan fingerprint density at radius 3 is 3.00 bits per heavy atom. The van der Waals surface area contributed by atoms with Crippen LogP contribution in [0, 0.1) is 0 Å². The molecule has 1 fully saturated rings. The summed E-state index contributed by atoms with van der Waals surface area (Å²) in [5.74, 6) is 0. The molecule has 3 nitrogen and oxygen atoms in total. The summed E-state index contributed by atoms with van der Waals surface area (Å²) < 4.78 is 4.99. The fourth-order valence-corrected chi connectivity index (χ4v) is 0.696. The van der Waals surface area contributed by atoms with Crippen molar-refractivity contribution < 1.29 is 4.74 Å². The van der Waals surface area contributed by atoms with Crippen molar-refractivity contribution in [3.63, 3.8) is 0 Å². The van der Waals surface area contributed by atoms with Crippen molar-refractivity contribution in [3.8, 4) is 0 Å². The lowest BCUT2D eigenvalue weighted by Crippen LogP contribution is -1.85. The number of hydrogen-bond acceptors (Lipinski definition) is 3. The first-order valence-corrected chi connectivity index (χ1v) is 2.84. The van der Waals surface area contributed by atoms with Crippen LogP contribution in [0.25, 0.3) is 0 Å². The van der Waals surface area contributed by atoms with Gasteiger partial charge in [0.05, 0.1) is 18.5 Å². The standard InChI is InChI=1S/C6H6N2O/c1-2-8-5(3-7-1)6-4-9-6/h1-3,6H,4H2/t6-/m0/s1. The maximum atomic E-state index is 4.99. The van der Waals surface area contributed by atoms with Gasteiger partial charge >= 0.3 is 0 Å². The second kappa shape index (κ2) is 1.77. The van der Waals surface area contributed by atoms with Gasteiger partial charge in [0.25, 0.3) is 0 Å². The number of ether oxygens (including phenoxy) is 1. The molecule has 0 unspecified atom stereocenters. The molecule has 1 aliphatic heterocycles. The second-order valence-electron chi connectivity index (χ2n) is 1.95. The predicted molar refractivity (Wildman–Crippen MR) is 30.7 cm³/mol. The van der Waals surface area contributed by atoms with Gasteiger partial charge in [-0.2, -0.15) is 0 Å². The molecule has 2 heterocycles. The minimum Gasteiger partial charge on any atom is -0.366 e. The molecular weight excluding hydrogens is 116 g/mol. The molecule has 1 aromatic rings. The van der Waals surface area contributed by atoms with E-state index in [1.807, 2.05) is 0 Å². The lowest BCUT2D eigenvalue weighted by atomic mass is 10.3. The van der Waals surface area contributed by atoms with Gasteiger partial charge < -0.3 is 4.74 Å². The summed E-state index contributed by atoms with van der Waals surface area (Å²) in [6, 6.07) is 0. The van der Waals surface area contributed by atoms with E-state index in [0.717, 1.165) is 12.3 Å². The summed E-state index contributed by atoms with van der Waals surface area (Å²) >= 11 is 0. The van der Waals surface area contributed by atoms with Crippen LogP contribution in [0.3, 0.4) is 0 Å². The molecule has 1 atom stereocenters. The van der Waals surface area contributed by atoms with Gasteiger partial charge in [0.15, 0.2) is 0 Å². The second-order valence-corrected chi connectivity index (χ2v) is 1.95. The van der Waals surface area contributed by atoms with E-state index in [1.165, 1.54) is 0 Å². The fourth-order valence-electron chi connectivity index (χ4n) is 0.696. The van der Waals surface area contributed by atoms with E-state index in [-0.39, 0.29) is 6.10 Å². The SMILES string of the molecule is c1cnc([C@@H]2CO2)cn1. The normalized spacial score (nSPS) is 23.8. The van der Waals surface area contributed by atoms with Crippen molar-refractivity contribution in [1.82, 2.24) is 9.97 Å². The number of aromatic nitrogens is 2. The van der Waals surface area contributed by atoms with Crippen LogP contribution >= 0.6 is 0 Å². The van der Waals surface area contributed by atoms with Gasteiger partial charge in [-0.25, -0.2) is 0 Å². The van der Waals surface area contributed by atoms with Crippen molar-refractivity contribution in [1.29, 1.82) is 0 Å². The van der Waals surface area contributed by atoms with E-state index >= 15 is 0 Å². The van der Waals surface area contributed by atoms with Crippen molar-refractivity contribution in [2.75, 3.05) is 6.61 Å². The Bertz CT molecular complexity index is 195. The predicted octanol–water partition coefficient (Wildman–Crippen LogP) is 0.548. The highest BCUT2D eigenvalue weighted by Gasteiger charge is 2.25. The molecule has 0 amide bonds. The topological polar surface area (TPSA) is 38.3 Å². The summed E-state index contributed by atoms with van der Waals surface area (Å²) in [6.45, 7) is 0.804. The van der Waals surface area contributed by atoms with Gasteiger partial charge in [-0.05, 0) is 0 Å². The van der Waals surface area contributed by atoms with Crippen LogP contribution in [0.15, 0.2) is 18.6 Å². The van der Waals surface area contributed by atoms with E-state index in [1.54, 1.807) is 18.6 Å². The Hall–Kier alpha value is -0.960. The van der Waals surface area contributed by atoms with Crippen molar-refractivity contribution in [3.05, 3.63) is 24.3 Å². The zero-order valence-electron chi connectivity index (χ0n) is 4.82. The monoisotopic (exact) mass is 122 g/mol. The molecule has 9 heavy (non-hydrogen) atoms. The average molecular weight is 122 g/mol. The molecule has 1 aromatic heterocycles. The Morgan fingerprint density at radius 1 is 1.56 bits per heavy atom. The maximum absolute atomic E-state index is 4.99. The third kappa shape index (κ3) is 0.907. The highest BCUT2D eigenvalue weighted by atomic mass is 16.6.